The number of carbonyl (C=O) groups excluding carboxylic acids is 1. The molecular weight excluding hydrogens is 312 g/mol. The quantitative estimate of drug-likeness (QED) is 0.700. The van der Waals surface area contributed by atoms with Crippen molar-refractivity contribution in [2.45, 2.75) is 70.2 Å². The van der Waals surface area contributed by atoms with Gasteiger partial charge in [-0.3, -0.25) is 4.79 Å². The molecule has 1 atom stereocenters. The van der Waals surface area contributed by atoms with Gasteiger partial charge in [0.1, 0.15) is 5.60 Å². The van der Waals surface area contributed by atoms with Gasteiger partial charge in [0.15, 0.2) is 0 Å². The van der Waals surface area contributed by atoms with Crippen LogP contribution in [0.4, 0.5) is 4.79 Å². The predicted molar refractivity (Wildman–Crippen MR) is 89.0 cm³/mol. The van der Waals surface area contributed by atoms with E-state index >= 15 is 0 Å². The summed E-state index contributed by atoms with van der Waals surface area (Å²) in [7, 11) is 0. The van der Waals surface area contributed by atoms with Crippen molar-refractivity contribution in [2.75, 3.05) is 26.2 Å². The molecule has 2 spiro atoms. The van der Waals surface area contributed by atoms with E-state index in [9.17, 15) is 4.79 Å². The van der Waals surface area contributed by atoms with Gasteiger partial charge < -0.3 is 24.8 Å². The average Bonchev–Trinajstić information content (AvgIpc) is 3.15. The summed E-state index contributed by atoms with van der Waals surface area (Å²) in [5, 5.41) is 10.9. The third-order valence-corrected chi connectivity index (χ3v) is 4.33. The van der Waals surface area contributed by atoms with E-state index in [2.05, 4.69) is 5.32 Å². The minimum atomic E-state index is -0.833. The van der Waals surface area contributed by atoms with Crippen molar-refractivity contribution in [3.63, 3.8) is 0 Å². The Hall–Kier alpha value is -1.34. The fourth-order valence-corrected chi connectivity index (χ4v) is 3.28. The van der Waals surface area contributed by atoms with E-state index in [0.29, 0.717) is 6.54 Å². The highest BCUT2D eigenvalue weighted by molar-refractivity contribution is 5.68. The molecule has 2 aliphatic heterocycles. The van der Waals surface area contributed by atoms with Gasteiger partial charge in [0, 0.05) is 26.6 Å². The van der Waals surface area contributed by atoms with Crippen LogP contribution in [0.15, 0.2) is 0 Å². The lowest BCUT2D eigenvalue weighted by Crippen LogP contribution is -2.63. The summed E-state index contributed by atoms with van der Waals surface area (Å²) in [6.07, 6.45) is 4.09. The van der Waals surface area contributed by atoms with Gasteiger partial charge in [0.2, 0.25) is 0 Å². The molecule has 1 saturated carbocycles. The van der Waals surface area contributed by atoms with E-state index in [1.54, 1.807) is 0 Å². The van der Waals surface area contributed by atoms with Gasteiger partial charge in [0.05, 0.1) is 17.7 Å². The second-order valence-electron chi connectivity index (χ2n) is 8.10. The molecule has 0 aromatic carbocycles. The third kappa shape index (κ3) is 5.34. The monoisotopic (exact) mass is 342 g/mol. The Bertz CT molecular complexity index is 476. The Morgan fingerprint density at radius 3 is 2.29 bits per heavy atom. The maximum absolute atomic E-state index is 12.2. The lowest BCUT2D eigenvalue weighted by molar-refractivity contribution is -0.156. The number of nitrogens with zero attached hydrogens (tertiary/aromatic N) is 1. The van der Waals surface area contributed by atoms with Crippen molar-refractivity contribution in [1.82, 2.24) is 10.2 Å². The number of piperidine rings is 1. The first-order chi connectivity index (χ1) is 11.0. The van der Waals surface area contributed by atoms with Crippen LogP contribution in [-0.4, -0.2) is 65.1 Å². The van der Waals surface area contributed by atoms with Crippen LogP contribution in [0.3, 0.4) is 0 Å². The van der Waals surface area contributed by atoms with Crippen LogP contribution in [0.25, 0.3) is 0 Å². The Kier molecular flexibility index (Phi) is 5.44. The van der Waals surface area contributed by atoms with Gasteiger partial charge >= 0.3 is 6.09 Å². The molecule has 1 aliphatic carbocycles. The highest BCUT2D eigenvalue weighted by Gasteiger charge is 2.54. The summed E-state index contributed by atoms with van der Waals surface area (Å²) in [4.78, 5) is 23.1. The van der Waals surface area contributed by atoms with Crippen LogP contribution < -0.4 is 5.32 Å². The molecule has 138 valence electrons. The van der Waals surface area contributed by atoms with Gasteiger partial charge in [-0.25, -0.2) is 4.79 Å². The van der Waals surface area contributed by atoms with Gasteiger partial charge in [-0.1, -0.05) is 0 Å². The normalized spacial score (nSPS) is 28.1. The summed E-state index contributed by atoms with van der Waals surface area (Å²) in [5.41, 5.74) is -0.579. The summed E-state index contributed by atoms with van der Waals surface area (Å²) >= 11 is 0. The summed E-state index contributed by atoms with van der Waals surface area (Å²) < 4.78 is 11.9. The SMILES string of the molecule is CC(=O)O.CC(C)(C)OC(=O)N1CCCC2(CNCC3(CC3)O2)C1. The van der Waals surface area contributed by atoms with E-state index in [1.807, 2.05) is 25.7 Å². The molecule has 24 heavy (non-hydrogen) atoms. The lowest BCUT2D eigenvalue weighted by Gasteiger charge is -2.47. The van der Waals surface area contributed by atoms with Gasteiger partial charge in [-0.05, 0) is 46.5 Å². The zero-order valence-electron chi connectivity index (χ0n) is 15.2. The molecule has 0 radical (unpaired) electrons. The molecule has 0 bridgehead atoms. The van der Waals surface area contributed by atoms with Crippen LogP contribution in [0.1, 0.15) is 53.4 Å². The second kappa shape index (κ2) is 6.88. The van der Waals surface area contributed by atoms with E-state index in [0.717, 1.165) is 52.2 Å². The first-order valence-corrected chi connectivity index (χ1v) is 8.63. The van der Waals surface area contributed by atoms with Crippen LogP contribution in [-0.2, 0) is 14.3 Å². The highest BCUT2D eigenvalue weighted by atomic mass is 16.6. The number of carbonyl (C=O) groups is 2. The zero-order chi connectivity index (χ0) is 18.0. The smallest absolute Gasteiger partial charge is 0.410 e. The molecule has 3 rings (SSSR count). The first-order valence-electron chi connectivity index (χ1n) is 8.63. The molecular formula is C17H30N2O5. The maximum Gasteiger partial charge on any atom is 0.410 e. The van der Waals surface area contributed by atoms with Gasteiger partial charge in [0.25, 0.3) is 5.97 Å². The highest BCUT2D eigenvalue weighted by Crippen LogP contribution is 2.46. The molecule has 2 heterocycles. The topological polar surface area (TPSA) is 88.1 Å². The Morgan fingerprint density at radius 2 is 1.75 bits per heavy atom. The number of hydrogen-bond acceptors (Lipinski definition) is 5. The van der Waals surface area contributed by atoms with E-state index < -0.39 is 11.6 Å². The number of ether oxygens (including phenoxy) is 2. The number of morpholine rings is 1. The van der Waals surface area contributed by atoms with Crippen molar-refractivity contribution >= 4 is 12.1 Å². The third-order valence-electron chi connectivity index (χ3n) is 4.33. The van der Waals surface area contributed by atoms with E-state index in [1.165, 1.54) is 0 Å². The van der Waals surface area contributed by atoms with E-state index in [4.69, 9.17) is 19.4 Å². The number of carboxylic acid groups (broad SMARTS) is 1. The largest absolute Gasteiger partial charge is 0.481 e. The lowest BCUT2D eigenvalue weighted by atomic mass is 9.90. The predicted octanol–water partition coefficient (Wildman–Crippen LogP) is 2.00. The molecule has 7 nitrogen and oxygen atoms in total. The Labute approximate surface area is 143 Å². The summed E-state index contributed by atoms with van der Waals surface area (Å²) in [6, 6.07) is 0. The Morgan fingerprint density at radius 1 is 1.17 bits per heavy atom. The van der Waals surface area contributed by atoms with Crippen LogP contribution in [0.5, 0.6) is 0 Å². The second-order valence-corrected chi connectivity index (χ2v) is 8.10. The standard InChI is InChI=1S/C15H26N2O3.C2H4O2/c1-13(2,3)19-12(18)17-8-4-5-15(11-17)10-16-9-14(20-15)6-7-14;1-2(3)4/h16H,4-11H2,1-3H3;1H3,(H,3,4). The molecule has 7 heteroatoms. The summed E-state index contributed by atoms with van der Waals surface area (Å²) in [6.45, 7) is 10.0. The van der Waals surface area contributed by atoms with E-state index in [-0.39, 0.29) is 17.3 Å². The molecule has 2 N–H and O–H groups in total. The number of carboxylic acids is 1. The van der Waals surface area contributed by atoms with Crippen molar-refractivity contribution in [2.24, 2.45) is 0 Å². The number of amides is 1. The fraction of sp³-hybridized carbons (Fsp3) is 0.882. The first kappa shape index (κ1) is 19.0. The fourth-order valence-electron chi connectivity index (χ4n) is 3.28. The Balaban J connectivity index is 0.000000471. The minimum absolute atomic E-state index is 0.0647. The number of nitrogens with one attached hydrogen (secondary N) is 1. The number of likely N-dealkylation sites (tertiary alicyclic amines) is 1. The molecule has 3 aliphatic rings. The van der Waals surface area contributed by atoms with Crippen molar-refractivity contribution in [1.29, 1.82) is 0 Å². The maximum atomic E-state index is 12.2. The van der Waals surface area contributed by atoms with Crippen molar-refractivity contribution in [3.8, 4) is 0 Å². The zero-order valence-corrected chi connectivity index (χ0v) is 15.2. The van der Waals surface area contributed by atoms with Crippen molar-refractivity contribution < 1.29 is 24.2 Å². The molecule has 0 aromatic heterocycles. The van der Waals surface area contributed by atoms with Gasteiger partial charge in [-0.2, -0.15) is 0 Å². The van der Waals surface area contributed by atoms with Crippen molar-refractivity contribution in [3.05, 3.63) is 0 Å². The van der Waals surface area contributed by atoms with Crippen LogP contribution in [0.2, 0.25) is 0 Å². The molecule has 2 saturated heterocycles. The molecule has 1 amide bonds. The number of rotatable bonds is 0. The minimum Gasteiger partial charge on any atom is -0.481 e. The molecule has 3 fully saturated rings. The van der Waals surface area contributed by atoms with Crippen LogP contribution in [0, 0.1) is 0 Å². The van der Waals surface area contributed by atoms with Crippen LogP contribution >= 0.6 is 0 Å². The molecule has 0 aromatic rings. The molecule has 1 unspecified atom stereocenters. The number of aliphatic carboxylic acids is 1. The van der Waals surface area contributed by atoms with Gasteiger partial charge in [-0.15, -0.1) is 0 Å². The number of hydrogen-bond donors (Lipinski definition) is 2. The average molecular weight is 342 g/mol. The summed E-state index contributed by atoms with van der Waals surface area (Å²) in [5.74, 6) is -0.833.